The van der Waals surface area contributed by atoms with Gasteiger partial charge in [-0.15, -0.1) is 0 Å². The molecule has 0 bridgehead atoms. The number of thioether (sulfide) groups is 1. The highest BCUT2D eigenvalue weighted by molar-refractivity contribution is 8.07. The Morgan fingerprint density at radius 3 is 1.86 bits per heavy atom. The molecule has 2 nitrogen and oxygen atoms in total. The van der Waals surface area contributed by atoms with Crippen molar-refractivity contribution in [2.75, 3.05) is 7.11 Å². The maximum absolute atomic E-state index is 11.0. The Balaban J connectivity index is 1.76. The van der Waals surface area contributed by atoms with E-state index in [1.807, 2.05) is 0 Å². The number of ether oxygens (including phenoxy) is 1. The lowest BCUT2D eigenvalue weighted by Crippen LogP contribution is -2.01. The lowest BCUT2D eigenvalue weighted by molar-refractivity contribution is -0.140. The molecule has 0 unspecified atom stereocenters. The number of unbranched alkanes of at least 4 members (excludes halogenated alkanes) is 9. The normalized spacial score (nSPS) is 20.1. The molecule has 1 heterocycles. The van der Waals surface area contributed by atoms with Gasteiger partial charge in [-0.3, -0.25) is 4.79 Å². The van der Waals surface area contributed by atoms with Gasteiger partial charge < -0.3 is 4.74 Å². The van der Waals surface area contributed by atoms with Crippen LogP contribution in [0.1, 0.15) is 96.8 Å². The van der Waals surface area contributed by atoms with Crippen molar-refractivity contribution in [2.24, 2.45) is 0 Å². The van der Waals surface area contributed by atoms with Crippen molar-refractivity contribution < 1.29 is 9.53 Å². The molecular formula is C19H36O2S. The highest BCUT2D eigenvalue weighted by atomic mass is 32.2. The maximum atomic E-state index is 11.0. The number of carbonyl (C=O) groups excluding carboxylic acids is 1. The molecule has 1 fully saturated rings. The summed E-state index contributed by atoms with van der Waals surface area (Å²) < 4.78 is 4.67. The first-order valence-corrected chi connectivity index (χ1v) is 10.4. The van der Waals surface area contributed by atoms with Gasteiger partial charge in [-0.25, -0.2) is 0 Å². The SMILES string of the molecule is CCCCCCCCCCCC[C@@H]1S[C@H]1CCCC(=O)OC. The summed E-state index contributed by atoms with van der Waals surface area (Å²) in [5.41, 5.74) is 0. The minimum absolute atomic E-state index is 0.0584. The summed E-state index contributed by atoms with van der Waals surface area (Å²) in [5.74, 6) is -0.0584. The number of esters is 1. The van der Waals surface area contributed by atoms with Crippen LogP contribution in [0.15, 0.2) is 0 Å². The van der Waals surface area contributed by atoms with Crippen molar-refractivity contribution >= 4 is 17.7 Å². The molecule has 1 rings (SSSR count). The molecule has 0 amide bonds. The van der Waals surface area contributed by atoms with Crippen LogP contribution in [0, 0.1) is 0 Å². The first-order valence-electron chi connectivity index (χ1n) is 9.50. The average molecular weight is 329 g/mol. The van der Waals surface area contributed by atoms with Crippen LogP contribution in [0.2, 0.25) is 0 Å². The molecule has 1 aliphatic rings. The number of carbonyl (C=O) groups is 1. The maximum Gasteiger partial charge on any atom is 0.305 e. The Morgan fingerprint density at radius 2 is 1.32 bits per heavy atom. The van der Waals surface area contributed by atoms with Gasteiger partial charge in [0, 0.05) is 16.9 Å². The number of hydrogen-bond acceptors (Lipinski definition) is 3. The van der Waals surface area contributed by atoms with E-state index in [0.717, 1.165) is 16.9 Å². The van der Waals surface area contributed by atoms with Crippen molar-refractivity contribution in [2.45, 2.75) is 107 Å². The quantitative estimate of drug-likeness (QED) is 0.206. The second-order valence-corrected chi connectivity index (χ2v) is 8.14. The van der Waals surface area contributed by atoms with Gasteiger partial charge >= 0.3 is 5.97 Å². The third kappa shape index (κ3) is 10.5. The van der Waals surface area contributed by atoms with Gasteiger partial charge in [0.1, 0.15) is 0 Å². The molecule has 0 aromatic carbocycles. The largest absolute Gasteiger partial charge is 0.469 e. The number of methoxy groups -OCH3 is 1. The fourth-order valence-electron chi connectivity index (χ4n) is 3.07. The Morgan fingerprint density at radius 1 is 0.818 bits per heavy atom. The Labute approximate surface area is 142 Å². The summed E-state index contributed by atoms with van der Waals surface area (Å²) in [6, 6.07) is 0. The van der Waals surface area contributed by atoms with Gasteiger partial charge in [-0.2, -0.15) is 11.8 Å². The lowest BCUT2D eigenvalue weighted by atomic mass is 10.0. The zero-order valence-electron chi connectivity index (χ0n) is 14.8. The summed E-state index contributed by atoms with van der Waals surface area (Å²) in [4.78, 5) is 11.0. The van der Waals surface area contributed by atoms with Crippen molar-refractivity contribution in [3.63, 3.8) is 0 Å². The first-order chi connectivity index (χ1) is 10.8. The van der Waals surface area contributed by atoms with Crippen LogP contribution in [-0.2, 0) is 9.53 Å². The van der Waals surface area contributed by atoms with E-state index in [2.05, 4.69) is 23.4 Å². The zero-order chi connectivity index (χ0) is 16.0. The molecule has 1 aliphatic heterocycles. The van der Waals surface area contributed by atoms with E-state index >= 15 is 0 Å². The summed E-state index contributed by atoms with van der Waals surface area (Å²) in [7, 11) is 1.47. The summed E-state index contributed by atoms with van der Waals surface area (Å²) in [6.07, 6.45) is 18.4. The standard InChI is InChI=1S/C19H36O2S/c1-3-4-5-6-7-8-9-10-11-12-14-17-18(22-17)15-13-16-19(20)21-2/h17-18H,3-16H2,1-2H3/t17-,18-/m0/s1. The molecule has 1 saturated heterocycles. The van der Waals surface area contributed by atoms with Crippen molar-refractivity contribution in [3.8, 4) is 0 Å². The van der Waals surface area contributed by atoms with E-state index in [4.69, 9.17) is 0 Å². The smallest absolute Gasteiger partial charge is 0.305 e. The first kappa shape index (κ1) is 19.9. The minimum atomic E-state index is -0.0584. The second kappa shape index (κ2) is 13.3. The number of rotatable bonds is 15. The molecule has 0 saturated carbocycles. The van der Waals surface area contributed by atoms with Crippen molar-refractivity contribution in [3.05, 3.63) is 0 Å². The third-order valence-corrected chi connectivity index (χ3v) is 6.14. The van der Waals surface area contributed by atoms with Crippen molar-refractivity contribution in [1.82, 2.24) is 0 Å². The van der Waals surface area contributed by atoms with E-state index in [0.29, 0.717) is 6.42 Å². The van der Waals surface area contributed by atoms with Crippen molar-refractivity contribution in [1.29, 1.82) is 0 Å². The van der Waals surface area contributed by atoms with E-state index in [-0.39, 0.29) is 5.97 Å². The molecule has 3 heteroatoms. The fraction of sp³-hybridized carbons (Fsp3) is 0.947. The molecule has 22 heavy (non-hydrogen) atoms. The second-order valence-electron chi connectivity index (χ2n) is 6.65. The van der Waals surface area contributed by atoms with E-state index in [9.17, 15) is 4.79 Å². The van der Waals surface area contributed by atoms with Gasteiger partial charge in [0.25, 0.3) is 0 Å². The van der Waals surface area contributed by atoms with Crippen LogP contribution >= 0.6 is 11.8 Å². The van der Waals surface area contributed by atoms with Gasteiger partial charge in [0.15, 0.2) is 0 Å². The highest BCUT2D eigenvalue weighted by Gasteiger charge is 2.36. The van der Waals surface area contributed by atoms with Crippen LogP contribution in [0.5, 0.6) is 0 Å². The summed E-state index contributed by atoms with van der Waals surface area (Å²) in [6.45, 7) is 2.28. The predicted molar refractivity (Wildman–Crippen MR) is 97.5 cm³/mol. The van der Waals surface area contributed by atoms with Gasteiger partial charge in [-0.1, -0.05) is 71.1 Å². The molecule has 0 aliphatic carbocycles. The van der Waals surface area contributed by atoms with Crippen LogP contribution < -0.4 is 0 Å². The fourth-order valence-corrected chi connectivity index (χ4v) is 4.31. The van der Waals surface area contributed by atoms with Crippen LogP contribution in [0.4, 0.5) is 0 Å². The summed E-state index contributed by atoms with van der Waals surface area (Å²) >= 11 is 2.12. The monoisotopic (exact) mass is 328 g/mol. The van der Waals surface area contributed by atoms with Gasteiger partial charge in [0.05, 0.1) is 7.11 Å². The summed E-state index contributed by atoms with van der Waals surface area (Å²) in [5, 5.41) is 1.73. The predicted octanol–water partition coefficient (Wildman–Crippen LogP) is 6.12. The molecule has 2 atom stereocenters. The van der Waals surface area contributed by atoms with E-state index in [1.54, 1.807) is 0 Å². The molecule has 0 radical (unpaired) electrons. The molecule has 130 valence electrons. The Hall–Kier alpha value is -0.180. The molecule has 0 N–H and O–H groups in total. The average Bonchev–Trinajstić information content (AvgIpc) is 3.27. The van der Waals surface area contributed by atoms with Crippen LogP contribution in [-0.4, -0.2) is 23.6 Å². The van der Waals surface area contributed by atoms with Crippen LogP contribution in [0.25, 0.3) is 0 Å². The Kier molecular flexibility index (Phi) is 12.0. The highest BCUT2D eigenvalue weighted by Crippen LogP contribution is 2.47. The van der Waals surface area contributed by atoms with E-state index < -0.39 is 0 Å². The molecule has 0 aromatic heterocycles. The zero-order valence-corrected chi connectivity index (χ0v) is 15.6. The molecule has 0 aromatic rings. The Bertz CT molecular complexity index is 281. The van der Waals surface area contributed by atoms with E-state index in [1.165, 1.54) is 84.2 Å². The topological polar surface area (TPSA) is 26.3 Å². The third-order valence-electron chi connectivity index (χ3n) is 4.63. The van der Waals surface area contributed by atoms with Crippen LogP contribution in [0.3, 0.4) is 0 Å². The molecule has 0 spiro atoms. The number of hydrogen-bond donors (Lipinski definition) is 0. The minimum Gasteiger partial charge on any atom is -0.469 e. The lowest BCUT2D eigenvalue weighted by Gasteiger charge is -2.02. The van der Waals surface area contributed by atoms with Gasteiger partial charge in [-0.05, 0) is 19.3 Å². The van der Waals surface area contributed by atoms with Gasteiger partial charge in [0.2, 0.25) is 0 Å². The molecular weight excluding hydrogens is 292 g/mol.